The van der Waals surface area contributed by atoms with E-state index in [1.807, 2.05) is 22.8 Å². The van der Waals surface area contributed by atoms with Gasteiger partial charge >= 0.3 is 0 Å². The quantitative estimate of drug-likeness (QED) is 0.748. The third-order valence-electron chi connectivity index (χ3n) is 5.80. The molecular weight excluding hydrogens is 356 g/mol. The fourth-order valence-corrected chi connectivity index (χ4v) is 4.64. The minimum atomic E-state index is -0.0731. The second-order valence-electron chi connectivity index (χ2n) is 7.73. The number of piperidine rings is 1. The minimum Gasteiger partial charge on any atom is -0.462 e. The van der Waals surface area contributed by atoms with E-state index in [9.17, 15) is 9.90 Å². The van der Waals surface area contributed by atoms with Crippen LogP contribution >= 0.6 is 0 Å². The predicted octanol–water partition coefficient (Wildman–Crippen LogP) is 2.01. The maximum atomic E-state index is 13.1. The molecule has 1 fully saturated rings. The van der Waals surface area contributed by atoms with Crippen molar-refractivity contribution in [3.63, 3.8) is 0 Å². The molecule has 5 heterocycles. The molecule has 0 amide bonds. The van der Waals surface area contributed by atoms with E-state index in [0.29, 0.717) is 23.2 Å². The van der Waals surface area contributed by atoms with E-state index in [4.69, 9.17) is 4.42 Å². The highest BCUT2D eigenvalue weighted by Gasteiger charge is 2.35. The number of rotatable bonds is 4. The van der Waals surface area contributed by atoms with Gasteiger partial charge in [0, 0.05) is 49.2 Å². The summed E-state index contributed by atoms with van der Waals surface area (Å²) in [6.07, 6.45) is 5.96. The number of nitrogens with zero attached hydrogens (tertiary/aromatic N) is 4. The summed E-state index contributed by atoms with van der Waals surface area (Å²) < 4.78 is 7.61. The number of hydrogen-bond donors (Lipinski definition) is 1. The largest absolute Gasteiger partial charge is 0.462 e. The number of pyridine rings is 1. The lowest BCUT2D eigenvalue weighted by Crippen LogP contribution is -2.46. The SMILES string of the molecule is O=c1c(-c2cncnc2)ccc2n1C[C@H]1C[C@@H]2CN(Cc2ccc(CO)o2)C1. The standard InChI is InChI=1S/C21H22N4O3/c26-12-18-2-1-17(28-18)11-24-8-14-5-15(10-24)20-4-3-19(21(27)25(20)9-14)16-6-22-13-23-7-16/h1-4,6-7,13-15,26H,5,8-12H2/t14-,15+/m0/s1. The Hall–Kier alpha value is -2.77. The monoisotopic (exact) mass is 378 g/mol. The van der Waals surface area contributed by atoms with Gasteiger partial charge in [0.05, 0.1) is 12.1 Å². The molecule has 2 atom stereocenters. The van der Waals surface area contributed by atoms with Gasteiger partial charge in [0.25, 0.3) is 5.56 Å². The second-order valence-corrected chi connectivity index (χ2v) is 7.73. The van der Waals surface area contributed by atoms with Crippen molar-refractivity contribution >= 4 is 0 Å². The summed E-state index contributed by atoms with van der Waals surface area (Å²) >= 11 is 0. The van der Waals surface area contributed by atoms with E-state index in [1.165, 1.54) is 6.33 Å². The van der Waals surface area contributed by atoms with Crippen LogP contribution in [0.1, 0.15) is 29.6 Å². The van der Waals surface area contributed by atoms with Crippen molar-refractivity contribution in [2.24, 2.45) is 5.92 Å². The molecule has 5 rings (SSSR count). The molecule has 7 heteroatoms. The lowest BCUT2D eigenvalue weighted by molar-refractivity contribution is 0.106. The number of aromatic nitrogens is 3. The molecule has 3 aromatic rings. The fraction of sp³-hybridized carbons (Fsp3) is 0.381. The Morgan fingerprint density at radius 1 is 1.07 bits per heavy atom. The molecule has 28 heavy (non-hydrogen) atoms. The zero-order chi connectivity index (χ0) is 19.1. The summed E-state index contributed by atoms with van der Waals surface area (Å²) in [6, 6.07) is 7.75. The van der Waals surface area contributed by atoms with Crippen molar-refractivity contribution in [2.75, 3.05) is 13.1 Å². The van der Waals surface area contributed by atoms with Crippen LogP contribution in [0, 0.1) is 5.92 Å². The van der Waals surface area contributed by atoms with Gasteiger partial charge in [-0.2, -0.15) is 0 Å². The van der Waals surface area contributed by atoms with Crippen LogP contribution in [0.15, 0.2) is 52.2 Å². The van der Waals surface area contributed by atoms with E-state index in [-0.39, 0.29) is 12.2 Å². The van der Waals surface area contributed by atoms with E-state index in [0.717, 1.165) is 49.6 Å². The Morgan fingerprint density at radius 2 is 1.89 bits per heavy atom. The summed E-state index contributed by atoms with van der Waals surface area (Å²) in [5.41, 5.74) is 2.59. The summed E-state index contributed by atoms with van der Waals surface area (Å²) in [6.45, 7) is 3.24. The fourth-order valence-electron chi connectivity index (χ4n) is 4.64. The Morgan fingerprint density at radius 3 is 2.68 bits per heavy atom. The van der Waals surface area contributed by atoms with E-state index in [1.54, 1.807) is 12.4 Å². The van der Waals surface area contributed by atoms with Gasteiger partial charge in [-0.15, -0.1) is 0 Å². The third kappa shape index (κ3) is 3.06. The van der Waals surface area contributed by atoms with Gasteiger partial charge in [0.2, 0.25) is 0 Å². The zero-order valence-corrected chi connectivity index (χ0v) is 15.5. The number of likely N-dealkylation sites (tertiary alicyclic amines) is 1. The first-order valence-corrected chi connectivity index (χ1v) is 9.61. The normalized spacial score (nSPS) is 21.5. The van der Waals surface area contributed by atoms with Crippen LogP contribution in [0.4, 0.5) is 0 Å². The highest BCUT2D eigenvalue weighted by Crippen LogP contribution is 2.36. The molecule has 3 aromatic heterocycles. The maximum absolute atomic E-state index is 13.1. The van der Waals surface area contributed by atoms with E-state index < -0.39 is 0 Å². The topological polar surface area (TPSA) is 84.4 Å². The summed E-state index contributed by atoms with van der Waals surface area (Å²) in [5, 5.41) is 9.18. The highest BCUT2D eigenvalue weighted by molar-refractivity contribution is 5.60. The molecule has 144 valence electrons. The Kier molecular flexibility index (Phi) is 4.33. The highest BCUT2D eigenvalue weighted by atomic mass is 16.4. The molecule has 1 saturated heterocycles. The predicted molar refractivity (Wildman–Crippen MR) is 102 cm³/mol. The van der Waals surface area contributed by atoms with Gasteiger partial charge in [-0.25, -0.2) is 9.97 Å². The molecule has 0 unspecified atom stereocenters. The molecule has 7 nitrogen and oxygen atoms in total. The minimum absolute atomic E-state index is 0.0501. The van der Waals surface area contributed by atoms with E-state index in [2.05, 4.69) is 20.9 Å². The van der Waals surface area contributed by atoms with Crippen LogP contribution in [0.3, 0.4) is 0 Å². The molecule has 0 spiro atoms. The average Bonchev–Trinajstić information content (AvgIpc) is 3.17. The molecule has 0 aromatic carbocycles. The molecule has 2 bridgehead atoms. The lowest BCUT2D eigenvalue weighted by atomic mass is 9.83. The summed E-state index contributed by atoms with van der Waals surface area (Å²) in [5.74, 6) is 2.26. The van der Waals surface area contributed by atoms with Crippen molar-refractivity contribution < 1.29 is 9.52 Å². The van der Waals surface area contributed by atoms with Crippen LogP contribution < -0.4 is 5.56 Å². The van der Waals surface area contributed by atoms with Crippen LogP contribution in [0.25, 0.3) is 11.1 Å². The first-order valence-electron chi connectivity index (χ1n) is 9.61. The first kappa shape index (κ1) is 17.3. The molecule has 2 aliphatic heterocycles. The van der Waals surface area contributed by atoms with Crippen molar-refractivity contribution in [1.82, 2.24) is 19.4 Å². The Balaban J connectivity index is 1.41. The number of hydrogen-bond acceptors (Lipinski definition) is 6. The number of aliphatic hydroxyl groups excluding tert-OH is 1. The zero-order valence-electron chi connectivity index (χ0n) is 15.5. The van der Waals surface area contributed by atoms with Gasteiger partial charge in [-0.05, 0) is 36.6 Å². The molecule has 0 saturated carbocycles. The number of furan rings is 1. The summed E-state index contributed by atoms with van der Waals surface area (Å²) in [7, 11) is 0. The number of fused-ring (bicyclic) bond motifs is 4. The van der Waals surface area contributed by atoms with Crippen molar-refractivity contribution in [1.29, 1.82) is 0 Å². The molecular formula is C21H22N4O3. The molecule has 1 N–H and O–H groups in total. The van der Waals surface area contributed by atoms with Crippen LogP contribution in [-0.4, -0.2) is 37.6 Å². The Bertz CT molecular complexity index is 1040. The van der Waals surface area contributed by atoms with Gasteiger partial charge in [-0.3, -0.25) is 9.69 Å². The lowest BCUT2D eigenvalue weighted by Gasteiger charge is -2.42. The molecule has 0 aliphatic carbocycles. The van der Waals surface area contributed by atoms with Crippen molar-refractivity contribution in [2.45, 2.75) is 32.0 Å². The van der Waals surface area contributed by atoms with Crippen molar-refractivity contribution in [3.05, 3.63) is 70.6 Å². The van der Waals surface area contributed by atoms with Crippen LogP contribution in [0.2, 0.25) is 0 Å². The third-order valence-corrected chi connectivity index (χ3v) is 5.80. The van der Waals surface area contributed by atoms with Crippen molar-refractivity contribution in [3.8, 4) is 11.1 Å². The smallest absolute Gasteiger partial charge is 0.258 e. The molecule has 0 radical (unpaired) electrons. The number of aliphatic hydroxyl groups is 1. The summed E-state index contributed by atoms with van der Waals surface area (Å²) in [4.78, 5) is 23.6. The van der Waals surface area contributed by atoms with Gasteiger partial charge in [-0.1, -0.05) is 0 Å². The van der Waals surface area contributed by atoms with Gasteiger partial charge in [0.1, 0.15) is 24.5 Å². The molecule has 2 aliphatic rings. The first-order chi connectivity index (χ1) is 13.7. The van der Waals surface area contributed by atoms with Crippen LogP contribution in [0.5, 0.6) is 0 Å². The Labute approximate surface area is 162 Å². The second kappa shape index (κ2) is 7.00. The van der Waals surface area contributed by atoms with Gasteiger partial charge < -0.3 is 14.1 Å². The average molecular weight is 378 g/mol. The van der Waals surface area contributed by atoms with Gasteiger partial charge in [0.15, 0.2) is 0 Å². The maximum Gasteiger partial charge on any atom is 0.258 e. The van der Waals surface area contributed by atoms with E-state index >= 15 is 0 Å². The van der Waals surface area contributed by atoms with Crippen LogP contribution in [-0.2, 0) is 19.7 Å².